The normalized spacial score (nSPS) is 15.9. The maximum atomic E-state index is 12.3. The number of aliphatic carboxylic acids is 1. The van der Waals surface area contributed by atoms with Crippen molar-refractivity contribution in [3.63, 3.8) is 0 Å². The summed E-state index contributed by atoms with van der Waals surface area (Å²) in [6.45, 7) is 1.06. The van der Waals surface area contributed by atoms with Gasteiger partial charge in [-0.1, -0.05) is 62.4 Å². The third kappa shape index (κ3) is 9.88. The molecule has 5 heteroatoms. The van der Waals surface area contributed by atoms with Crippen LogP contribution < -0.4 is 5.32 Å². The molecular weight excluding hydrogens is 354 g/mol. The number of carboxylic acid groups (broad SMARTS) is 1. The second-order valence-corrected chi connectivity index (χ2v) is 7.89. The Bertz CT molecular complexity index is 569. The van der Waals surface area contributed by atoms with Crippen molar-refractivity contribution in [2.24, 2.45) is 5.92 Å². The average Bonchev–Trinajstić information content (AvgIpc) is 2.70. The fourth-order valence-corrected chi connectivity index (χ4v) is 3.96. The Morgan fingerprint density at radius 2 is 1.82 bits per heavy atom. The maximum Gasteiger partial charge on any atom is 0.303 e. The number of ether oxygens (including phenoxy) is 1. The van der Waals surface area contributed by atoms with E-state index in [0.717, 1.165) is 19.3 Å². The number of hydrogen-bond donors (Lipinski definition) is 2. The molecule has 1 aliphatic carbocycles. The van der Waals surface area contributed by atoms with Crippen molar-refractivity contribution in [2.45, 2.75) is 76.7 Å². The number of carbonyl (C=O) groups is 2. The summed E-state index contributed by atoms with van der Waals surface area (Å²) in [6, 6.07) is 10.3. The van der Waals surface area contributed by atoms with Crippen LogP contribution in [0.15, 0.2) is 30.3 Å². The second-order valence-electron chi connectivity index (χ2n) is 7.89. The molecule has 0 radical (unpaired) electrons. The van der Waals surface area contributed by atoms with E-state index >= 15 is 0 Å². The number of benzene rings is 1. The van der Waals surface area contributed by atoms with Crippen molar-refractivity contribution in [3.8, 4) is 0 Å². The summed E-state index contributed by atoms with van der Waals surface area (Å²) in [5, 5.41) is 12.0. The molecule has 0 bridgehead atoms. The van der Waals surface area contributed by atoms with Crippen molar-refractivity contribution < 1.29 is 19.4 Å². The second kappa shape index (κ2) is 13.3. The highest BCUT2D eigenvalue weighted by atomic mass is 16.5. The zero-order valence-corrected chi connectivity index (χ0v) is 16.9. The van der Waals surface area contributed by atoms with Crippen molar-refractivity contribution >= 4 is 11.9 Å². The Hall–Kier alpha value is -1.88. The molecule has 1 unspecified atom stereocenters. The van der Waals surface area contributed by atoms with Crippen molar-refractivity contribution in [1.82, 2.24) is 5.32 Å². The minimum Gasteiger partial charge on any atom is -0.481 e. The third-order valence-corrected chi connectivity index (χ3v) is 5.48. The molecule has 0 saturated heterocycles. The maximum absolute atomic E-state index is 12.3. The van der Waals surface area contributed by atoms with E-state index in [0.29, 0.717) is 32.0 Å². The molecule has 1 saturated carbocycles. The zero-order valence-electron chi connectivity index (χ0n) is 16.9. The fraction of sp³-hybridized carbons (Fsp3) is 0.652. The van der Waals surface area contributed by atoms with Crippen molar-refractivity contribution in [2.75, 3.05) is 13.2 Å². The van der Waals surface area contributed by atoms with Gasteiger partial charge in [-0.25, -0.2) is 0 Å². The van der Waals surface area contributed by atoms with Crippen LogP contribution in [0.25, 0.3) is 0 Å². The molecular formula is C23H35NO4. The van der Waals surface area contributed by atoms with Gasteiger partial charge in [0.05, 0.1) is 6.61 Å². The zero-order chi connectivity index (χ0) is 20.0. The van der Waals surface area contributed by atoms with E-state index in [9.17, 15) is 9.59 Å². The van der Waals surface area contributed by atoms with Gasteiger partial charge >= 0.3 is 5.97 Å². The number of carbonyl (C=O) groups excluding carboxylic acids is 1. The molecule has 2 N–H and O–H groups in total. The smallest absolute Gasteiger partial charge is 0.303 e. The highest BCUT2D eigenvalue weighted by Gasteiger charge is 2.21. The van der Waals surface area contributed by atoms with Crippen LogP contribution in [0, 0.1) is 5.92 Å². The number of amides is 1. The molecule has 0 heterocycles. The van der Waals surface area contributed by atoms with Gasteiger partial charge in [0.2, 0.25) is 5.91 Å². The Kier molecular flexibility index (Phi) is 10.7. The molecule has 5 nitrogen and oxygen atoms in total. The SMILES string of the molecule is O=C(O)CCC(CC1CCCCC1)NC(=O)CCOCCCc1ccccc1. The number of rotatable bonds is 13. The van der Waals surface area contributed by atoms with Gasteiger partial charge in [-0.3, -0.25) is 9.59 Å². The van der Waals surface area contributed by atoms with Crippen LogP contribution in [0.4, 0.5) is 0 Å². The lowest BCUT2D eigenvalue weighted by Crippen LogP contribution is -2.37. The summed E-state index contributed by atoms with van der Waals surface area (Å²) in [5.41, 5.74) is 1.30. The first-order valence-electron chi connectivity index (χ1n) is 10.8. The van der Waals surface area contributed by atoms with E-state index < -0.39 is 5.97 Å². The quantitative estimate of drug-likeness (QED) is 0.492. The summed E-state index contributed by atoms with van der Waals surface area (Å²) in [7, 11) is 0. The number of hydrogen-bond acceptors (Lipinski definition) is 3. The Morgan fingerprint density at radius 3 is 2.54 bits per heavy atom. The Morgan fingerprint density at radius 1 is 1.07 bits per heavy atom. The molecule has 1 aromatic rings. The molecule has 156 valence electrons. The standard InChI is InChI=1S/C23H35NO4/c25-22(15-17-28-16-7-12-19-8-3-1-4-9-19)24-21(13-14-23(26)27)18-20-10-5-2-6-11-20/h1,3-4,8-9,20-21H,2,5-7,10-18H2,(H,24,25)(H,26,27). The van der Waals surface area contributed by atoms with E-state index in [2.05, 4.69) is 17.4 Å². The monoisotopic (exact) mass is 389 g/mol. The fourth-order valence-electron chi connectivity index (χ4n) is 3.96. The van der Waals surface area contributed by atoms with Gasteiger partial charge in [-0.2, -0.15) is 0 Å². The first-order valence-corrected chi connectivity index (χ1v) is 10.8. The van der Waals surface area contributed by atoms with Gasteiger partial charge < -0.3 is 15.2 Å². The van der Waals surface area contributed by atoms with Crippen LogP contribution in [0.1, 0.15) is 69.8 Å². The molecule has 0 spiro atoms. The van der Waals surface area contributed by atoms with Crippen LogP contribution >= 0.6 is 0 Å². The molecule has 28 heavy (non-hydrogen) atoms. The van der Waals surface area contributed by atoms with Crippen LogP contribution in [-0.4, -0.2) is 36.2 Å². The lowest BCUT2D eigenvalue weighted by Gasteiger charge is -2.27. The highest BCUT2D eigenvalue weighted by Crippen LogP contribution is 2.28. The van der Waals surface area contributed by atoms with Crippen LogP contribution in [0.3, 0.4) is 0 Å². The van der Waals surface area contributed by atoms with Crippen molar-refractivity contribution in [3.05, 3.63) is 35.9 Å². The largest absolute Gasteiger partial charge is 0.481 e. The van der Waals surface area contributed by atoms with Gasteiger partial charge in [0.1, 0.15) is 0 Å². The van der Waals surface area contributed by atoms with E-state index in [1.165, 1.54) is 37.7 Å². The summed E-state index contributed by atoms with van der Waals surface area (Å²) in [4.78, 5) is 23.2. The lowest BCUT2D eigenvalue weighted by atomic mass is 9.84. The molecule has 1 atom stereocenters. The van der Waals surface area contributed by atoms with Crippen LogP contribution in [-0.2, 0) is 20.7 Å². The molecule has 1 fully saturated rings. The summed E-state index contributed by atoms with van der Waals surface area (Å²) < 4.78 is 5.60. The summed E-state index contributed by atoms with van der Waals surface area (Å²) >= 11 is 0. The lowest BCUT2D eigenvalue weighted by molar-refractivity contribution is -0.137. The van der Waals surface area contributed by atoms with Gasteiger partial charge in [-0.05, 0) is 37.2 Å². The topological polar surface area (TPSA) is 75.6 Å². The molecule has 0 aromatic heterocycles. The predicted molar refractivity (Wildman–Crippen MR) is 110 cm³/mol. The Labute approximate surface area is 168 Å². The van der Waals surface area contributed by atoms with Gasteiger partial charge in [0.15, 0.2) is 0 Å². The van der Waals surface area contributed by atoms with Gasteiger partial charge in [0.25, 0.3) is 0 Å². The molecule has 1 aliphatic rings. The van der Waals surface area contributed by atoms with E-state index in [-0.39, 0.29) is 18.4 Å². The molecule has 2 rings (SSSR count). The van der Waals surface area contributed by atoms with E-state index in [1.54, 1.807) is 0 Å². The molecule has 0 aliphatic heterocycles. The number of carboxylic acids is 1. The molecule has 1 amide bonds. The highest BCUT2D eigenvalue weighted by molar-refractivity contribution is 5.76. The number of nitrogens with one attached hydrogen (secondary N) is 1. The van der Waals surface area contributed by atoms with Crippen molar-refractivity contribution in [1.29, 1.82) is 0 Å². The predicted octanol–water partition coefficient (Wildman–Crippen LogP) is 4.35. The van der Waals surface area contributed by atoms with Crippen LogP contribution in [0.5, 0.6) is 0 Å². The number of aryl methyl sites for hydroxylation is 1. The first kappa shape index (κ1) is 22.4. The Balaban J connectivity index is 1.61. The molecule has 1 aromatic carbocycles. The first-order chi connectivity index (χ1) is 13.6. The van der Waals surface area contributed by atoms with E-state index in [1.807, 2.05) is 18.2 Å². The van der Waals surface area contributed by atoms with Gasteiger partial charge in [0, 0.05) is 25.5 Å². The minimum absolute atomic E-state index is 0.0331. The average molecular weight is 390 g/mol. The van der Waals surface area contributed by atoms with E-state index in [4.69, 9.17) is 9.84 Å². The van der Waals surface area contributed by atoms with Gasteiger partial charge in [-0.15, -0.1) is 0 Å². The summed E-state index contributed by atoms with van der Waals surface area (Å²) in [6.07, 6.45) is 9.96. The summed E-state index contributed by atoms with van der Waals surface area (Å²) in [5.74, 6) is -0.221. The van der Waals surface area contributed by atoms with Crippen LogP contribution in [0.2, 0.25) is 0 Å². The third-order valence-electron chi connectivity index (χ3n) is 5.48. The minimum atomic E-state index is -0.801.